The highest BCUT2D eigenvalue weighted by Crippen LogP contribution is 2.69. The quantitative estimate of drug-likeness (QED) is 0.719. The molecule has 88 valence electrons. The molecule has 0 aliphatic heterocycles. The molecule has 0 saturated heterocycles. The average Bonchev–Trinajstić information content (AvgIpc) is 2.05. The maximum Gasteiger partial charge on any atom is 0.470 e. The van der Waals surface area contributed by atoms with Gasteiger partial charge in [-0.2, -0.15) is 0 Å². The van der Waals surface area contributed by atoms with Gasteiger partial charge in [0.2, 0.25) is 0 Å². The topological polar surface area (TPSA) is 66.8 Å². The van der Waals surface area contributed by atoms with Crippen molar-refractivity contribution in [2.24, 2.45) is 17.3 Å². The fraction of sp³-hybridized carbons (Fsp3) is 1.00. The highest BCUT2D eigenvalue weighted by atomic mass is 31.2. The lowest BCUT2D eigenvalue weighted by Crippen LogP contribution is -2.67. The highest BCUT2D eigenvalue weighted by molar-refractivity contribution is 7.46. The first kappa shape index (κ1) is 11.6. The number of hydrogen-bond acceptors (Lipinski definition) is 2. The molecule has 5 heteroatoms. The van der Waals surface area contributed by atoms with Crippen LogP contribution in [0.5, 0.6) is 0 Å². The van der Waals surface area contributed by atoms with Gasteiger partial charge in [0, 0.05) is 0 Å². The Morgan fingerprint density at radius 2 is 1.93 bits per heavy atom. The summed E-state index contributed by atoms with van der Waals surface area (Å²) in [7, 11) is -4.38. The monoisotopic (exact) mass is 234 g/mol. The van der Waals surface area contributed by atoms with Gasteiger partial charge in [-0.15, -0.1) is 0 Å². The van der Waals surface area contributed by atoms with Gasteiger partial charge in [0.25, 0.3) is 0 Å². The van der Waals surface area contributed by atoms with Crippen LogP contribution >= 0.6 is 7.82 Å². The summed E-state index contributed by atoms with van der Waals surface area (Å²) >= 11 is 0. The molecule has 3 fully saturated rings. The SMILES string of the molecule is CC1CCC2CC1(OP(=O)(O)O)C2(C)C. The summed E-state index contributed by atoms with van der Waals surface area (Å²) in [5, 5.41) is 0. The Bertz CT molecular complexity index is 321. The summed E-state index contributed by atoms with van der Waals surface area (Å²) in [6.07, 6.45) is 2.96. The molecule has 0 spiro atoms. The molecular formula is C10H19O4P. The van der Waals surface area contributed by atoms with Gasteiger partial charge in [-0.25, -0.2) is 4.57 Å². The van der Waals surface area contributed by atoms with Crippen molar-refractivity contribution in [2.75, 3.05) is 0 Å². The Labute approximate surface area is 90.3 Å². The standard InChI is InChI=1S/C10H19O4P/c1-7-4-5-8-6-10(7,9(8,2)3)14-15(11,12)13/h7-8H,4-6H2,1-3H3,(H2,11,12,13). The number of fused-ring (bicyclic) bond motifs is 2. The van der Waals surface area contributed by atoms with Crippen molar-refractivity contribution in [1.82, 2.24) is 0 Å². The summed E-state index contributed by atoms with van der Waals surface area (Å²) in [5.74, 6) is 0.783. The molecule has 3 atom stereocenters. The van der Waals surface area contributed by atoms with Crippen molar-refractivity contribution in [3.05, 3.63) is 0 Å². The second-order valence-corrected chi connectivity index (χ2v) is 6.74. The number of hydrogen-bond donors (Lipinski definition) is 2. The molecule has 4 nitrogen and oxygen atoms in total. The molecule has 3 unspecified atom stereocenters. The van der Waals surface area contributed by atoms with E-state index < -0.39 is 13.4 Å². The second-order valence-electron chi connectivity index (χ2n) is 5.57. The van der Waals surface area contributed by atoms with Gasteiger partial charge in [-0.3, -0.25) is 4.52 Å². The summed E-state index contributed by atoms with van der Waals surface area (Å²) in [6, 6.07) is 0. The first-order valence-corrected chi connectivity index (χ1v) is 6.98. The third-order valence-electron chi connectivity index (χ3n) is 4.69. The molecule has 0 radical (unpaired) electrons. The average molecular weight is 234 g/mol. The van der Waals surface area contributed by atoms with E-state index in [1.54, 1.807) is 0 Å². The summed E-state index contributed by atoms with van der Waals surface area (Å²) in [5.41, 5.74) is -0.708. The van der Waals surface area contributed by atoms with Crippen molar-refractivity contribution in [2.45, 2.75) is 45.6 Å². The van der Waals surface area contributed by atoms with Gasteiger partial charge in [-0.1, -0.05) is 20.8 Å². The summed E-state index contributed by atoms with van der Waals surface area (Å²) in [6.45, 7) is 6.16. The lowest BCUT2D eigenvalue weighted by molar-refractivity contribution is -0.241. The fourth-order valence-electron chi connectivity index (χ4n) is 3.54. The van der Waals surface area contributed by atoms with E-state index in [2.05, 4.69) is 13.8 Å². The van der Waals surface area contributed by atoms with Gasteiger partial charge in [0.1, 0.15) is 0 Å². The normalized spacial score (nSPS) is 43.5. The third kappa shape index (κ3) is 1.50. The van der Waals surface area contributed by atoms with Crippen LogP contribution in [0.25, 0.3) is 0 Å². The molecule has 2 bridgehead atoms. The van der Waals surface area contributed by atoms with E-state index in [1.165, 1.54) is 0 Å². The van der Waals surface area contributed by atoms with Crippen LogP contribution in [-0.2, 0) is 9.09 Å². The van der Waals surface area contributed by atoms with Gasteiger partial charge in [-0.05, 0) is 36.5 Å². The zero-order chi connectivity index (χ0) is 11.5. The van der Waals surface area contributed by atoms with Crippen molar-refractivity contribution in [1.29, 1.82) is 0 Å². The van der Waals surface area contributed by atoms with Gasteiger partial charge in [0.15, 0.2) is 0 Å². The number of rotatable bonds is 2. The van der Waals surface area contributed by atoms with Gasteiger partial charge >= 0.3 is 7.82 Å². The van der Waals surface area contributed by atoms with E-state index in [0.717, 1.165) is 19.3 Å². The Morgan fingerprint density at radius 1 is 1.33 bits per heavy atom. The van der Waals surface area contributed by atoms with E-state index in [1.807, 2.05) is 6.92 Å². The van der Waals surface area contributed by atoms with Crippen LogP contribution in [0.4, 0.5) is 0 Å². The molecule has 15 heavy (non-hydrogen) atoms. The van der Waals surface area contributed by atoms with Gasteiger partial charge in [0.05, 0.1) is 5.60 Å². The first-order chi connectivity index (χ1) is 6.69. The van der Waals surface area contributed by atoms with Crippen LogP contribution in [0.3, 0.4) is 0 Å². The van der Waals surface area contributed by atoms with Crippen molar-refractivity contribution >= 4 is 7.82 Å². The Balaban J connectivity index is 2.29. The van der Waals surface area contributed by atoms with E-state index in [4.69, 9.17) is 14.3 Å². The molecule has 3 aliphatic carbocycles. The first-order valence-electron chi connectivity index (χ1n) is 5.45. The Kier molecular flexibility index (Phi) is 2.37. The fourth-order valence-corrected chi connectivity index (χ4v) is 4.45. The third-order valence-corrected chi connectivity index (χ3v) is 5.25. The van der Waals surface area contributed by atoms with Crippen molar-refractivity contribution < 1.29 is 18.9 Å². The van der Waals surface area contributed by atoms with Crippen LogP contribution in [0.15, 0.2) is 0 Å². The second kappa shape index (κ2) is 3.07. The smallest absolute Gasteiger partial charge is 0.303 e. The lowest BCUT2D eigenvalue weighted by atomic mass is 9.43. The Hall–Kier alpha value is 0.110. The molecule has 0 heterocycles. The summed E-state index contributed by atoms with van der Waals surface area (Å²) in [4.78, 5) is 18.0. The van der Waals surface area contributed by atoms with E-state index in [0.29, 0.717) is 5.92 Å². The lowest BCUT2D eigenvalue weighted by Gasteiger charge is -2.67. The van der Waals surface area contributed by atoms with Crippen molar-refractivity contribution in [3.8, 4) is 0 Å². The summed E-state index contributed by atoms with van der Waals surface area (Å²) < 4.78 is 16.2. The minimum Gasteiger partial charge on any atom is -0.303 e. The van der Waals surface area contributed by atoms with E-state index in [9.17, 15) is 4.57 Å². The molecule has 2 N–H and O–H groups in total. The van der Waals surface area contributed by atoms with E-state index in [-0.39, 0.29) is 11.3 Å². The van der Waals surface area contributed by atoms with E-state index >= 15 is 0 Å². The molecule has 0 aromatic rings. The largest absolute Gasteiger partial charge is 0.470 e. The molecule has 0 aromatic carbocycles. The van der Waals surface area contributed by atoms with Crippen LogP contribution in [0.1, 0.15) is 40.0 Å². The zero-order valence-electron chi connectivity index (χ0n) is 9.43. The van der Waals surface area contributed by atoms with Crippen LogP contribution in [-0.4, -0.2) is 15.4 Å². The molecule has 0 aromatic heterocycles. The number of phosphoric acid groups is 1. The predicted molar refractivity (Wildman–Crippen MR) is 56.1 cm³/mol. The van der Waals surface area contributed by atoms with Gasteiger partial charge < -0.3 is 9.79 Å². The molecule has 3 saturated carbocycles. The zero-order valence-corrected chi connectivity index (χ0v) is 10.3. The van der Waals surface area contributed by atoms with Crippen LogP contribution in [0.2, 0.25) is 0 Å². The molecule has 3 rings (SSSR count). The maximum absolute atomic E-state index is 11.0. The minimum absolute atomic E-state index is 0.105. The molecule has 3 aliphatic rings. The number of phosphoric ester groups is 1. The predicted octanol–water partition coefficient (Wildman–Crippen LogP) is 2.31. The Morgan fingerprint density at radius 3 is 2.33 bits per heavy atom. The molecule has 0 amide bonds. The van der Waals surface area contributed by atoms with Crippen LogP contribution < -0.4 is 0 Å². The van der Waals surface area contributed by atoms with Crippen LogP contribution in [0, 0.1) is 17.3 Å². The highest BCUT2D eigenvalue weighted by Gasteiger charge is 2.67. The minimum atomic E-state index is -4.38. The molecular weight excluding hydrogens is 215 g/mol. The van der Waals surface area contributed by atoms with Crippen molar-refractivity contribution in [3.63, 3.8) is 0 Å². The maximum atomic E-state index is 11.0.